The lowest BCUT2D eigenvalue weighted by Crippen LogP contribution is -2.54. The number of hydrogen-bond acceptors (Lipinski definition) is 5. The summed E-state index contributed by atoms with van der Waals surface area (Å²) in [7, 11) is 0. The maximum Gasteiger partial charge on any atom is 0.490 e. The lowest BCUT2D eigenvalue weighted by Gasteiger charge is -2.41. The molecule has 1 aromatic carbocycles. The van der Waals surface area contributed by atoms with Crippen molar-refractivity contribution in [1.82, 2.24) is 9.80 Å². The molecule has 2 bridgehead atoms. The van der Waals surface area contributed by atoms with Crippen LogP contribution in [0, 0.1) is 5.92 Å². The van der Waals surface area contributed by atoms with Crippen LogP contribution in [0.4, 0.5) is 26.3 Å². The Bertz CT molecular complexity index is 952. The van der Waals surface area contributed by atoms with Gasteiger partial charge in [-0.15, -0.1) is 11.8 Å². The highest BCUT2D eigenvalue weighted by molar-refractivity contribution is 7.99. The minimum Gasteiger partial charge on any atom is -0.475 e. The summed E-state index contributed by atoms with van der Waals surface area (Å²) in [5.41, 5.74) is 5.81. The molecule has 2 unspecified atom stereocenters. The fraction of sp³-hybridized carbons (Fsp3) is 0.591. The average Bonchev–Trinajstić information content (AvgIpc) is 3.43. The quantitative estimate of drug-likeness (QED) is 0.567. The van der Waals surface area contributed by atoms with Gasteiger partial charge < -0.3 is 20.6 Å². The third kappa shape index (κ3) is 6.44. The van der Waals surface area contributed by atoms with E-state index in [4.69, 9.17) is 15.6 Å². The van der Waals surface area contributed by atoms with Gasteiger partial charge in [-0.2, -0.15) is 26.3 Å². The maximum atomic E-state index is 13.0. The summed E-state index contributed by atoms with van der Waals surface area (Å²) < 4.78 is 70.0. The van der Waals surface area contributed by atoms with Crippen LogP contribution in [0.15, 0.2) is 24.3 Å². The molecule has 3 aliphatic rings. The van der Waals surface area contributed by atoms with Crippen LogP contribution in [0.2, 0.25) is 0 Å². The average molecular weight is 542 g/mol. The lowest BCUT2D eigenvalue weighted by atomic mass is 9.84. The molecule has 0 radical (unpaired) electrons. The van der Waals surface area contributed by atoms with Gasteiger partial charge in [0.05, 0.1) is 17.5 Å². The molecule has 7 nitrogen and oxygen atoms in total. The summed E-state index contributed by atoms with van der Waals surface area (Å²) in [6.07, 6.45) is -6.50. The van der Waals surface area contributed by atoms with Gasteiger partial charge in [-0.3, -0.25) is 9.59 Å². The van der Waals surface area contributed by atoms with E-state index < -0.39 is 29.9 Å². The number of nitrogens with two attached hydrogens (primary N) is 1. The second-order valence-corrected chi connectivity index (χ2v) is 9.95. The number of carbonyl (C=O) groups excluding carboxylic acids is 2. The van der Waals surface area contributed by atoms with Crippen LogP contribution in [0.1, 0.15) is 41.6 Å². The van der Waals surface area contributed by atoms with E-state index in [1.54, 1.807) is 16.7 Å². The van der Waals surface area contributed by atoms with E-state index in [9.17, 15) is 35.9 Å². The summed E-state index contributed by atoms with van der Waals surface area (Å²) in [6.45, 7) is 0.731. The van der Waals surface area contributed by atoms with Crippen LogP contribution in [-0.4, -0.2) is 75.2 Å². The summed E-state index contributed by atoms with van der Waals surface area (Å²) >= 11 is 1.72. The number of fused-ring (bicyclic) bond motifs is 2. The smallest absolute Gasteiger partial charge is 0.475 e. The number of alkyl halides is 6. The second kappa shape index (κ2) is 10.9. The van der Waals surface area contributed by atoms with Crippen LogP contribution < -0.4 is 5.73 Å². The zero-order chi connectivity index (χ0) is 26.8. The number of nitrogens with zero attached hydrogens (tertiary/aromatic N) is 2. The van der Waals surface area contributed by atoms with Gasteiger partial charge in [0.2, 0.25) is 5.91 Å². The first-order valence-corrected chi connectivity index (χ1v) is 12.3. The summed E-state index contributed by atoms with van der Waals surface area (Å²) in [5, 5.41) is 7.12. The first-order chi connectivity index (χ1) is 16.7. The Balaban J connectivity index is 0.000000454. The SMILES string of the molecule is N[C@H](C(=O)N1CCSC1)C1CC2CCC(C1)N2C(=O)c1ccc(C(F)(F)F)cc1.O=C(O)C(F)(F)F. The van der Waals surface area contributed by atoms with E-state index in [1.165, 1.54) is 12.1 Å². The minimum atomic E-state index is -5.08. The summed E-state index contributed by atoms with van der Waals surface area (Å²) in [5.74, 6) is -1.36. The number of rotatable bonds is 3. The predicted molar refractivity (Wildman–Crippen MR) is 118 cm³/mol. The third-order valence-electron chi connectivity index (χ3n) is 6.56. The number of benzene rings is 1. The molecule has 0 aromatic heterocycles. The van der Waals surface area contributed by atoms with Crippen molar-refractivity contribution < 1.29 is 45.8 Å². The number of halogens is 6. The van der Waals surface area contributed by atoms with Crippen molar-refractivity contribution in [1.29, 1.82) is 0 Å². The molecule has 36 heavy (non-hydrogen) atoms. The van der Waals surface area contributed by atoms with Crippen LogP contribution in [0.3, 0.4) is 0 Å². The van der Waals surface area contributed by atoms with Gasteiger partial charge in [-0.1, -0.05) is 0 Å². The Labute approximate surface area is 207 Å². The van der Waals surface area contributed by atoms with Crippen molar-refractivity contribution >= 4 is 29.5 Å². The van der Waals surface area contributed by atoms with E-state index >= 15 is 0 Å². The monoisotopic (exact) mass is 541 g/mol. The Morgan fingerprint density at radius 1 is 1.00 bits per heavy atom. The molecule has 1 aromatic rings. The molecule has 2 amide bonds. The molecule has 3 fully saturated rings. The van der Waals surface area contributed by atoms with Crippen molar-refractivity contribution in [3.8, 4) is 0 Å². The van der Waals surface area contributed by atoms with Crippen molar-refractivity contribution in [3.05, 3.63) is 35.4 Å². The Morgan fingerprint density at radius 2 is 1.53 bits per heavy atom. The van der Waals surface area contributed by atoms with Gasteiger partial charge in [-0.25, -0.2) is 4.79 Å². The Morgan fingerprint density at radius 3 is 1.94 bits per heavy atom. The number of piperidine rings is 1. The molecule has 3 atom stereocenters. The number of aliphatic carboxylic acids is 1. The maximum absolute atomic E-state index is 13.0. The number of carboxylic acids is 1. The number of carbonyl (C=O) groups is 3. The van der Waals surface area contributed by atoms with Gasteiger partial charge in [-0.05, 0) is 55.9 Å². The van der Waals surface area contributed by atoms with Gasteiger partial charge in [0, 0.05) is 29.9 Å². The number of thioether (sulfide) groups is 1. The first kappa shape index (κ1) is 28.1. The highest BCUT2D eigenvalue weighted by Crippen LogP contribution is 2.41. The normalized spacial score (nSPS) is 24.7. The second-order valence-electron chi connectivity index (χ2n) is 8.87. The largest absolute Gasteiger partial charge is 0.490 e. The Kier molecular flexibility index (Phi) is 8.48. The van der Waals surface area contributed by atoms with E-state index in [2.05, 4.69) is 0 Å². The van der Waals surface area contributed by atoms with Crippen LogP contribution in [0.5, 0.6) is 0 Å². The molecule has 4 rings (SSSR count). The predicted octanol–water partition coefficient (Wildman–Crippen LogP) is 3.58. The number of amides is 2. The molecule has 14 heteroatoms. The molecule has 3 saturated heterocycles. The van der Waals surface area contributed by atoms with Crippen molar-refractivity contribution in [2.75, 3.05) is 18.2 Å². The van der Waals surface area contributed by atoms with E-state index in [-0.39, 0.29) is 35.4 Å². The molecule has 0 aliphatic carbocycles. The topological polar surface area (TPSA) is 104 Å². The van der Waals surface area contributed by atoms with Gasteiger partial charge in [0.25, 0.3) is 5.91 Å². The third-order valence-corrected chi connectivity index (χ3v) is 7.53. The summed E-state index contributed by atoms with van der Waals surface area (Å²) in [6, 6.07) is 3.81. The van der Waals surface area contributed by atoms with E-state index in [1.807, 2.05) is 4.90 Å². The molecular formula is C22H25F6N3O4S. The van der Waals surface area contributed by atoms with E-state index in [0.29, 0.717) is 18.7 Å². The fourth-order valence-corrected chi connectivity index (χ4v) is 5.75. The zero-order valence-electron chi connectivity index (χ0n) is 18.9. The van der Waals surface area contributed by atoms with Crippen molar-refractivity contribution in [2.24, 2.45) is 11.7 Å². The van der Waals surface area contributed by atoms with E-state index in [0.717, 1.165) is 37.3 Å². The van der Waals surface area contributed by atoms with Gasteiger partial charge in [0.1, 0.15) is 0 Å². The van der Waals surface area contributed by atoms with Crippen LogP contribution in [0.25, 0.3) is 0 Å². The van der Waals surface area contributed by atoms with Crippen LogP contribution >= 0.6 is 11.8 Å². The fourth-order valence-electron chi connectivity index (χ4n) is 4.80. The van der Waals surface area contributed by atoms with Gasteiger partial charge >= 0.3 is 18.3 Å². The molecule has 3 heterocycles. The molecule has 0 spiro atoms. The summed E-state index contributed by atoms with van der Waals surface area (Å²) in [4.78, 5) is 38.1. The molecule has 200 valence electrons. The molecule has 3 N–H and O–H groups in total. The lowest BCUT2D eigenvalue weighted by molar-refractivity contribution is -0.192. The number of hydrogen-bond donors (Lipinski definition) is 2. The highest BCUT2D eigenvalue weighted by atomic mass is 32.2. The van der Waals surface area contributed by atoms with Crippen molar-refractivity contribution in [3.63, 3.8) is 0 Å². The minimum absolute atomic E-state index is 0.0121. The Hall–Kier alpha value is -2.48. The standard InChI is InChI=1S/C20H24F3N3O2S.C2HF3O2/c21-20(22,23)14-3-1-12(2-4-14)18(27)26-15-5-6-16(26)10-13(9-15)17(24)19(28)25-7-8-29-11-25;3-2(4,5)1(6)7/h1-4,13,15-17H,5-11,24H2;(H,6,7)/t13?,15?,16?,17-;/m0./s1. The number of carboxylic acid groups (broad SMARTS) is 1. The molecule has 0 saturated carbocycles. The highest BCUT2D eigenvalue weighted by Gasteiger charge is 2.46. The van der Waals surface area contributed by atoms with Crippen LogP contribution in [-0.2, 0) is 15.8 Å². The first-order valence-electron chi connectivity index (χ1n) is 11.1. The zero-order valence-corrected chi connectivity index (χ0v) is 19.7. The van der Waals surface area contributed by atoms with Gasteiger partial charge in [0.15, 0.2) is 0 Å². The molecular weight excluding hydrogens is 516 g/mol. The molecule has 3 aliphatic heterocycles. The van der Waals surface area contributed by atoms with Crippen molar-refractivity contribution in [2.45, 2.75) is 56.2 Å².